The number of pyridine rings is 1. The lowest BCUT2D eigenvalue weighted by atomic mass is 9.93. The van der Waals surface area contributed by atoms with Crippen molar-refractivity contribution < 1.29 is 9.59 Å². The Hall–Kier alpha value is -1.86. The highest BCUT2D eigenvalue weighted by Gasteiger charge is 2.25. The van der Waals surface area contributed by atoms with E-state index in [0.717, 1.165) is 0 Å². The number of nitrogens with two attached hydrogens (primary N) is 2. The Bertz CT molecular complexity index is 504. The van der Waals surface area contributed by atoms with Crippen LogP contribution >= 0.6 is 11.6 Å². The molecular formula is C11H16ClN5O2. The zero-order valence-corrected chi connectivity index (χ0v) is 11.4. The Labute approximate surface area is 115 Å². The van der Waals surface area contributed by atoms with E-state index < -0.39 is 17.2 Å². The molecule has 0 saturated heterocycles. The van der Waals surface area contributed by atoms with E-state index in [2.05, 4.69) is 15.7 Å². The number of carbonyl (C=O) groups is 2. The largest absolute Gasteiger partial charge is 0.369 e. The van der Waals surface area contributed by atoms with Gasteiger partial charge in [-0.3, -0.25) is 9.59 Å². The van der Waals surface area contributed by atoms with Crippen LogP contribution in [0.25, 0.3) is 0 Å². The summed E-state index contributed by atoms with van der Waals surface area (Å²) in [4.78, 5) is 26.9. The summed E-state index contributed by atoms with van der Waals surface area (Å²) in [5.41, 5.74) is 6.95. The van der Waals surface area contributed by atoms with Crippen LogP contribution in [0.15, 0.2) is 12.3 Å². The highest BCUT2D eigenvalue weighted by Crippen LogP contribution is 2.19. The van der Waals surface area contributed by atoms with Crippen molar-refractivity contribution in [2.75, 3.05) is 12.0 Å². The van der Waals surface area contributed by atoms with Gasteiger partial charge in [0.15, 0.2) is 5.82 Å². The van der Waals surface area contributed by atoms with Gasteiger partial charge in [0.05, 0.1) is 16.0 Å². The Morgan fingerprint density at radius 1 is 1.47 bits per heavy atom. The van der Waals surface area contributed by atoms with Gasteiger partial charge in [-0.1, -0.05) is 11.6 Å². The number of aromatic nitrogens is 1. The van der Waals surface area contributed by atoms with E-state index in [1.54, 1.807) is 13.8 Å². The van der Waals surface area contributed by atoms with Crippen molar-refractivity contribution in [3.05, 3.63) is 22.8 Å². The fraction of sp³-hybridized carbons (Fsp3) is 0.364. The average molecular weight is 286 g/mol. The van der Waals surface area contributed by atoms with Gasteiger partial charge in [0.25, 0.3) is 5.91 Å². The molecule has 1 rings (SSSR count). The van der Waals surface area contributed by atoms with Crippen molar-refractivity contribution in [1.29, 1.82) is 0 Å². The number of hydrazine groups is 1. The molecule has 0 fully saturated rings. The van der Waals surface area contributed by atoms with Crippen molar-refractivity contribution in [2.45, 2.75) is 13.8 Å². The van der Waals surface area contributed by atoms with Crippen LogP contribution in [0, 0.1) is 5.41 Å². The van der Waals surface area contributed by atoms with Gasteiger partial charge in [-0.15, -0.1) is 0 Å². The summed E-state index contributed by atoms with van der Waals surface area (Å²) in [6.07, 6.45) is 1.33. The normalized spacial score (nSPS) is 10.9. The van der Waals surface area contributed by atoms with Crippen LogP contribution in [0.2, 0.25) is 5.02 Å². The van der Waals surface area contributed by atoms with Gasteiger partial charge >= 0.3 is 0 Å². The van der Waals surface area contributed by atoms with E-state index in [4.69, 9.17) is 23.2 Å². The zero-order valence-electron chi connectivity index (χ0n) is 10.7. The summed E-state index contributed by atoms with van der Waals surface area (Å²) in [6, 6.07) is 1.43. The van der Waals surface area contributed by atoms with E-state index >= 15 is 0 Å². The molecule has 0 aliphatic heterocycles. The third-order valence-electron chi connectivity index (χ3n) is 2.60. The van der Waals surface area contributed by atoms with Crippen LogP contribution in [0.4, 0.5) is 5.82 Å². The maximum absolute atomic E-state index is 11.9. The van der Waals surface area contributed by atoms with Gasteiger partial charge < -0.3 is 16.5 Å². The molecule has 0 aromatic carbocycles. The molecule has 0 radical (unpaired) electrons. The summed E-state index contributed by atoms with van der Waals surface area (Å²) in [7, 11) is 0. The van der Waals surface area contributed by atoms with Crippen molar-refractivity contribution >= 4 is 29.2 Å². The molecule has 1 aromatic heterocycles. The lowest BCUT2D eigenvalue weighted by Crippen LogP contribution is -2.42. The first-order valence-corrected chi connectivity index (χ1v) is 5.86. The molecule has 1 heterocycles. The zero-order chi connectivity index (χ0) is 14.6. The first-order chi connectivity index (χ1) is 8.77. The summed E-state index contributed by atoms with van der Waals surface area (Å²) in [6.45, 7) is 3.40. The predicted octanol–water partition coefficient (Wildman–Crippen LogP) is 0.262. The monoisotopic (exact) mass is 285 g/mol. The molecule has 0 atom stereocenters. The van der Waals surface area contributed by atoms with E-state index in [1.165, 1.54) is 12.3 Å². The molecule has 0 unspecified atom stereocenters. The van der Waals surface area contributed by atoms with E-state index in [1.807, 2.05) is 0 Å². The quantitative estimate of drug-likeness (QED) is 0.456. The molecule has 0 aliphatic carbocycles. The van der Waals surface area contributed by atoms with Gasteiger partial charge in [-0.2, -0.15) is 0 Å². The van der Waals surface area contributed by atoms with Crippen LogP contribution in [0.5, 0.6) is 0 Å². The van der Waals surface area contributed by atoms with Crippen LogP contribution in [-0.4, -0.2) is 23.3 Å². The van der Waals surface area contributed by atoms with Crippen molar-refractivity contribution in [3.63, 3.8) is 0 Å². The van der Waals surface area contributed by atoms with Gasteiger partial charge in [0.2, 0.25) is 5.91 Å². The molecule has 104 valence electrons. The number of amides is 2. The number of hydrogen-bond acceptors (Lipinski definition) is 5. The Morgan fingerprint density at radius 2 is 2.11 bits per heavy atom. The molecule has 6 N–H and O–H groups in total. The van der Waals surface area contributed by atoms with Crippen LogP contribution < -0.4 is 22.3 Å². The maximum atomic E-state index is 11.9. The fourth-order valence-corrected chi connectivity index (χ4v) is 1.38. The lowest BCUT2D eigenvalue weighted by Gasteiger charge is -2.20. The summed E-state index contributed by atoms with van der Waals surface area (Å²) >= 11 is 5.86. The van der Waals surface area contributed by atoms with Crippen LogP contribution in [0.1, 0.15) is 24.2 Å². The van der Waals surface area contributed by atoms with Gasteiger partial charge in [0, 0.05) is 12.7 Å². The molecule has 2 amide bonds. The molecule has 0 spiro atoms. The number of rotatable bonds is 5. The molecule has 7 nitrogen and oxygen atoms in total. The topological polar surface area (TPSA) is 123 Å². The first kappa shape index (κ1) is 15.2. The number of hydrogen-bond donors (Lipinski definition) is 4. The van der Waals surface area contributed by atoms with E-state index in [0.29, 0.717) is 0 Å². The number of primary amides is 1. The summed E-state index contributed by atoms with van der Waals surface area (Å²) in [5, 5.41) is 2.82. The predicted molar refractivity (Wildman–Crippen MR) is 72.4 cm³/mol. The van der Waals surface area contributed by atoms with Crippen molar-refractivity contribution in [3.8, 4) is 0 Å². The minimum absolute atomic E-state index is 0.121. The molecule has 19 heavy (non-hydrogen) atoms. The van der Waals surface area contributed by atoms with Gasteiger partial charge in [0.1, 0.15) is 0 Å². The highest BCUT2D eigenvalue weighted by atomic mass is 35.5. The minimum atomic E-state index is -0.828. The van der Waals surface area contributed by atoms with Gasteiger partial charge in [-0.05, 0) is 19.9 Å². The number of anilines is 1. The standard InChI is InChI=1S/C11H16ClN5O2/c1-11(2,10(13)19)5-16-9(18)6-3-7(12)8(17-14)15-4-6/h3-4H,5,14H2,1-2H3,(H2,13,19)(H,15,17)(H,16,18). The second kappa shape index (κ2) is 5.85. The number of nitrogen functional groups attached to an aromatic ring is 1. The maximum Gasteiger partial charge on any atom is 0.252 e. The van der Waals surface area contributed by atoms with Crippen molar-refractivity contribution in [2.24, 2.45) is 17.0 Å². The third kappa shape index (κ3) is 3.80. The Balaban J connectivity index is 2.74. The SMILES string of the molecule is CC(C)(CNC(=O)c1cnc(NN)c(Cl)c1)C(N)=O. The molecule has 1 aromatic rings. The number of nitrogens with zero attached hydrogens (tertiary/aromatic N) is 1. The number of halogens is 1. The fourth-order valence-electron chi connectivity index (χ4n) is 1.16. The summed E-state index contributed by atoms with van der Waals surface area (Å²) < 4.78 is 0. The highest BCUT2D eigenvalue weighted by molar-refractivity contribution is 6.33. The molecular weight excluding hydrogens is 270 g/mol. The second-order valence-electron chi connectivity index (χ2n) is 4.63. The molecule has 8 heteroatoms. The Morgan fingerprint density at radius 3 is 2.58 bits per heavy atom. The lowest BCUT2D eigenvalue weighted by molar-refractivity contribution is -0.125. The van der Waals surface area contributed by atoms with E-state index in [9.17, 15) is 9.59 Å². The minimum Gasteiger partial charge on any atom is -0.369 e. The van der Waals surface area contributed by atoms with Crippen LogP contribution in [-0.2, 0) is 4.79 Å². The Kier molecular flexibility index (Phi) is 4.68. The number of nitrogens with one attached hydrogen (secondary N) is 2. The molecule has 0 aliphatic rings. The molecule has 0 bridgehead atoms. The smallest absolute Gasteiger partial charge is 0.252 e. The number of carbonyl (C=O) groups excluding carboxylic acids is 2. The van der Waals surface area contributed by atoms with Crippen LogP contribution in [0.3, 0.4) is 0 Å². The second-order valence-corrected chi connectivity index (χ2v) is 5.04. The molecule has 0 saturated carbocycles. The van der Waals surface area contributed by atoms with E-state index in [-0.39, 0.29) is 22.9 Å². The van der Waals surface area contributed by atoms with Gasteiger partial charge in [-0.25, -0.2) is 10.8 Å². The van der Waals surface area contributed by atoms with Crippen molar-refractivity contribution in [1.82, 2.24) is 10.3 Å². The third-order valence-corrected chi connectivity index (χ3v) is 2.89. The average Bonchev–Trinajstić information content (AvgIpc) is 2.35. The summed E-state index contributed by atoms with van der Waals surface area (Å²) in [5.74, 6) is 4.56. The first-order valence-electron chi connectivity index (χ1n) is 5.48.